The van der Waals surface area contributed by atoms with Gasteiger partial charge in [-0.15, -0.1) is 0 Å². The lowest BCUT2D eigenvalue weighted by Crippen LogP contribution is -2.31. The standard InChI is InChI=1S/C25H61N9O4/c1-31-18-35-22(27)11-3-7-15-33-20-37-24(29)13-5-9-17-34-21-38-25(30)12-4-8-16-32-19-36-23(28)10-2-6-14-26/h22-25,31-34H,2-21,26-30H2,1H3. The van der Waals surface area contributed by atoms with Crippen molar-refractivity contribution in [3.05, 3.63) is 0 Å². The molecule has 13 heteroatoms. The molecule has 0 radical (unpaired) electrons. The van der Waals surface area contributed by atoms with E-state index in [1.807, 2.05) is 7.05 Å². The summed E-state index contributed by atoms with van der Waals surface area (Å²) >= 11 is 0. The first-order chi connectivity index (χ1) is 18.5. The zero-order chi connectivity index (χ0) is 28.1. The zero-order valence-corrected chi connectivity index (χ0v) is 24.0. The molecule has 230 valence electrons. The van der Waals surface area contributed by atoms with Gasteiger partial charge in [0.2, 0.25) is 0 Å². The SMILES string of the molecule is CNCOC(N)CCCCNCOC(N)CCCCNCOC(N)CCCCNCOC(N)CCCCN. The summed E-state index contributed by atoms with van der Waals surface area (Å²) in [5.41, 5.74) is 29.2. The molecule has 0 aromatic rings. The average Bonchev–Trinajstić information content (AvgIpc) is 2.90. The molecular weight excluding hydrogens is 490 g/mol. The number of nitrogens with two attached hydrogens (primary N) is 5. The van der Waals surface area contributed by atoms with Crippen molar-refractivity contribution in [2.24, 2.45) is 28.7 Å². The monoisotopic (exact) mass is 551 g/mol. The molecule has 0 aromatic carbocycles. The highest BCUT2D eigenvalue weighted by Crippen LogP contribution is 2.02. The molecular formula is C25H61N9O4. The number of ether oxygens (including phenoxy) is 4. The summed E-state index contributed by atoms with van der Waals surface area (Å²) in [7, 11) is 1.83. The fraction of sp³-hybridized carbons (Fsp3) is 1.00. The molecule has 13 nitrogen and oxygen atoms in total. The molecule has 0 saturated heterocycles. The number of nitrogens with one attached hydrogen (secondary N) is 4. The maximum atomic E-state index is 6.02. The minimum Gasteiger partial charge on any atom is -0.348 e. The van der Waals surface area contributed by atoms with Crippen LogP contribution in [-0.4, -0.2) is 85.1 Å². The summed E-state index contributed by atoms with van der Waals surface area (Å²) in [6.07, 6.45) is 10.4. The molecule has 4 atom stereocenters. The Balaban J connectivity index is 3.34. The van der Waals surface area contributed by atoms with E-state index in [1.54, 1.807) is 0 Å². The van der Waals surface area contributed by atoms with Gasteiger partial charge >= 0.3 is 0 Å². The minimum absolute atomic E-state index is 0.211. The summed E-state index contributed by atoms with van der Waals surface area (Å²) in [5.74, 6) is 0. The maximum absolute atomic E-state index is 6.02. The Hall–Kier alpha value is -0.520. The third-order valence-electron chi connectivity index (χ3n) is 5.86. The average molecular weight is 552 g/mol. The minimum atomic E-state index is -0.257. The van der Waals surface area contributed by atoms with E-state index in [0.717, 1.165) is 96.7 Å². The normalized spacial score (nSPS) is 15.0. The largest absolute Gasteiger partial charge is 0.348 e. The van der Waals surface area contributed by atoms with E-state index in [-0.39, 0.29) is 24.9 Å². The topological polar surface area (TPSA) is 215 Å². The molecule has 0 aliphatic carbocycles. The first-order valence-corrected chi connectivity index (χ1v) is 14.4. The number of hydrogen-bond donors (Lipinski definition) is 9. The van der Waals surface area contributed by atoms with Crippen LogP contribution in [-0.2, 0) is 18.9 Å². The van der Waals surface area contributed by atoms with Gasteiger partial charge in [0.15, 0.2) is 0 Å². The first-order valence-electron chi connectivity index (χ1n) is 14.4. The second kappa shape index (κ2) is 29.5. The summed E-state index contributed by atoms with van der Waals surface area (Å²) in [5, 5.41) is 12.7. The van der Waals surface area contributed by atoms with Crippen LogP contribution in [0.15, 0.2) is 0 Å². The van der Waals surface area contributed by atoms with Crippen molar-refractivity contribution in [2.75, 3.05) is 60.1 Å². The Bertz CT molecular complexity index is 473. The van der Waals surface area contributed by atoms with Gasteiger partial charge in [0.1, 0.15) is 24.9 Å². The molecule has 0 aliphatic heterocycles. The Labute approximate surface area is 231 Å². The maximum Gasteiger partial charge on any atom is 0.107 e. The van der Waals surface area contributed by atoms with Gasteiger partial charge in [-0.3, -0.25) is 21.3 Å². The molecule has 0 rings (SSSR count). The van der Waals surface area contributed by atoms with Crippen molar-refractivity contribution >= 4 is 0 Å². The van der Waals surface area contributed by atoms with Crippen LogP contribution < -0.4 is 49.9 Å². The van der Waals surface area contributed by atoms with Crippen LogP contribution in [0.4, 0.5) is 0 Å². The van der Waals surface area contributed by atoms with Gasteiger partial charge in [0.25, 0.3) is 0 Å². The van der Waals surface area contributed by atoms with Crippen LogP contribution in [0.5, 0.6) is 0 Å². The highest BCUT2D eigenvalue weighted by atomic mass is 16.5. The van der Waals surface area contributed by atoms with E-state index in [0.29, 0.717) is 33.5 Å². The predicted molar refractivity (Wildman–Crippen MR) is 153 cm³/mol. The van der Waals surface area contributed by atoms with Crippen LogP contribution in [0.1, 0.15) is 77.0 Å². The summed E-state index contributed by atoms with van der Waals surface area (Å²) in [4.78, 5) is 0. The van der Waals surface area contributed by atoms with Crippen molar-refractivity contribution in [1.29, 1.82) is 0 Å². The Morgan fingerprint density at radius 2 is 0.789 bits per heavy atom. The fourth-order valence-electron chi connectivity index (χ4n) is 3.51. The van der Waals surface area contributed by atoms with Crippen LogP contribution in [0.3, 0.4) is 0 Å². The summed E-state index contributed by atoms with van der Waals surface area (Å²) in [6.45, 7) is 5.15. The van der Waals surface area contributed by atoms with Crippen LogP contribution in [0.25, 0.3) is 0 Å². The van der Waals surface area contributed by atoms with Gasteiger partial charge < -0.3 is 47.6 Å². The van der Waals surface area contributed by atoms with Gasteiger partial charge in [-0.05, 0) is 110 Å². The summed E-state index contributed by atoms with van der Waals surface area (Å²) in [6, 6.07) is 0. The molecule has 0 aliphatic rings. The highest BCUT2D eigenvalue weighted by molar-refractivity contribution is 4.55. The van der Waals surface area contributed by atoms with E-state index in [2.05, 4.69) is 21.3 Å². The molecule has 0 heterocycles. The Kier molecular flexibility index (Phi) is 29.1. The molecule has 0 spiro atoms. The van der Waals surface area contributed by atoms with Crippen LogP contribution in [0, 0.1) is 0 Å². The Morgan fingerprint density at radius 1 is 0.474 bits per heavy atom. The number of unbranched alkanes of at least 4 members (excludes halogenated alkanes) is 4. The highest BCUT2D eigenvalue weighted by Gasteiger charge is 2.05. The van der Waals surface area contributed by atoms with E-state index in [4.69, 9.17) is 47.6 Å². The molecule has 0 saturated carbocycles. The predicted octanol–water partition coefficient (Wildman–Crippen LogP) is -0.350. The first kappa shape index (κ1) is 37.5. The zero-order valence-electron chi connectivity index (χ0n) is 24.0. The molecule has 4 unspecified atom stereocenters. The van der Waals surface area contributed by atoms with Crippen molar-refractivity contribution < 1.29 is 18.9 Å². The number of rotatable bonds is 31. The van der Waals surface area contributed by atoms with Crippen molar-refractivity contribution in [2.45, 2.75) is 102 Å². The smallest absolute Gasteiger partial charge is 0.107 e. The third kappa shape index (κ3) is 28.5. The van der Waals surface area contributed by atoms with Crippen LogP contribution in [0.2, 0.25) is 0 Å². The van der Waals surface area contributed by atoms with E-state index in [9.17, 15) is 0 Å². The van der Waals surface area contributed by atoms with Crippen LogP contribution >= 0.6 is 0 Å². The molecule has 14 N–H and O–H groups in total. The molecule has 0 fully saturated rings. The molecule has 0 amide bonds. The molecule has 0 aromatic heterocycles. The lowest BCUT2D eigenvalue weighted by Gasteiger charge is -2.15. The van der Waals surface area contributed by atoms with Gasteiger partial charge in [0, 0.05) is 0 Å². The van der Waals surface area contributed by atoms with Crippen molar-refractivity contribution in [3.63, 3.8) is 0 Å². The number of hydrogen-bond acceptors (Lipinski definition) is 13. The second-order valence-corrected chi connectivity index (χ2v) is 9.52. The Morgan fingerprint density at radius 3 is 1.11 bits per heavy atom. The van der Waals surface area contributed by atoms with Crippen molar-refractivity contribution in [3.8, 4) is 0 Å². The lowest BCUT2D eigenvalue weighted by molar-refractivity contribution is 0.0325. The van der Waals surface area contributed by atoms with E-state index >= 15 is 0 Å². The third-order valence-corrected chi connectivity index (χ3v) is 5.86. The van der Waals surface area contributed by atoms with E-state index < -0.39 is 0 Å². The van der Waals surface area contributed by atoms with Gasteiger partial charge in [-0.2, -0.15) is 0 Å². The second-order valence-electron chi connectivity index (χ2n) is 9.52. The molecule has 38 heavy (non-hydrogen) atoms. The van der Waals surface area contributed by atoms with Gasteiger partial charge in [0.05, 0.1) is 26.9 Å². The quantitative estimate of drug-likeness (QED) is 0.0398. The van der Waals surface area contributed by atoms with Gasteiger partial charge in [-0.25, -0.2) is 0 Å². The summed E-state index contributed by atoms with van der Waals surface area (Å²) < 4.78 is 22.1. The van der Waals surface area contributed by atoms with Gasteiger partial charge in [-0.1, -0.05) is 0 Å². The fourth-order valence-corrected chi connectivity index (χ4v) is 3.51. The lowest BCUT2D eigenvalue weighted by atomic mass is 10.2. The van der Waals surface area contributed by atoms with Crippen molar-refractivity contribution in [1.82, 2.24) is 21.3 Å². The molecule has 0 bridgehead atoms. The van der Waals surface area contributed by atoms with E-state index in [1.165, 1.54) is 0 Å².